The number of ether oxygens (including phenoxy) is 2. The van der Waals surface area contributed by atoms with Crippen LogP contribution in [0, 0.1) is 0 Å². The van der Waals surface area contributed by atoms with E-state index in [9.17, 15) is 26.4 Å². The van der Waals surface area contributed by atoms with E-state index in [2.05, 4.69) is 19.5 Å². The van der Waals surface area contributed by atoms with Gasteiger partial charge in [0.05, 0.1) is 0 Å². The molecule has 0 aromatic heterocycles. The van der Waals surface area contributed by atoms with Gasteiger partial charge in [0.25, 0.3) is 10.0 Å². The number of carbonyl (C=O) groups excluding carboxylic acids is 1. The molecule has 7 nitrogen and oxygen atoms in total. The molecule has 0 bridgehead atoms. The van der Waals surface area contributed by atoms with Crippen LogP contribution in [0.4, 0.5) is 24.5 Å². The monoisotopic (exact) mass is 404 g/mol. The van der Waals surface area contributed by atoms with E-state index < -0.39 is 32.9 Å². The highest BCUT2D eigenvalue weighted by molar-refractivity contribution is 7.92. The molecule has 0 saturated carbocycles. The number of para-hydroxylation sites is 1. The fourth-order valence-corrected chi connectivity index (χ4v) is 3.23. The van der Waals surface area contributed by atoms with Crippen molar-refractivity contribution in [2.75, 3.05) is 23.8 Å². The SMILES string of the molecule is COCC(=O)Nc1ccc(NS(=O)(=O)c2ccccc2OC(F)(F)F)cc1. The van der Waals surface area contributed by atoms with Crippen molar-refractivity contribution in [3.8, 4) is 5.75 Å². The number of nitrogens with one attached hydrogen (secondary N) is 2. The van der Waals surface area contributed by atoms with Gasteiger partial charge in [0, 0.05) is 18.5 Å². The average Bonchev–Trinajstić information content (AvgIpc) is 2.55. The van der Waals surface area contributed by atoms with Crippen molar-refractivity contribution in [3.05, 3.63) is 48.5 Å². The van der Waals surface area contributed by atoms with E-state index >= 15 is 0 Å². The first kappa shape index (κ1) is 20.5. The molecule has 11 heteroatoms. The van der Waals surface area contributed by atoms with E-state index in [0.29, 0.717) is 5.69 Å². The lowest BCUT2D eigenvalue weighted by Gasteiger charge is -2.14. The predicted octanol–water partition coefficient (Wildman–Crippen LogP) is 2.97. The summed E-state index contributed by atoms with van der Waals surface area (Å²) in [4.78, 5) is 10.7. The topological polar surface area (TPSA) is 93.7 Å². The van der Waals surface area contributed by atoms with E-state index in [0.717, 1.165) is 12.1 Å². The summed E-state index contributed by atoms with van der Waals surface area (Å²) in [5, 5.41) is 2.51. The Bertz CT molecular complexity index is 899. The number of methoxy groups -OCH3 is 1. The van der Waals surface area contributed by atoms with Crippen molar-refractivity contribution in [1.29, 1.82) is 0 Å². The molecule has 146 valence electrons. The van der Waals surface area contributed by atoms with Crippen molar-refractivity contribution in [3.63, 3.8) is 0 Å². The quantitative estimate of drug-likeness (QED) is 0.740. The van der Waals surface area contributed by atoms with Gasteiger partial charge >= 0.3 is 6.36 Å². The van der Waals surface area contributed by atoms with Crippen LogP contribution in [-0.4, -0.2) is 34.4 Å². The summed E-state index contributed by atoms with van der Waals surface area (Å²) in [6.45, 7) is -0.148. The van der Waals surface area contributed by atoms with Crippen molar-refractivity contribution < 1.29 is 35.9 Å². The Kier molecular flexibility index (Phi) is 6.28. The lowest BCUT2D eigenvalue weighted by atomic mass is 10.3. The molecule has 2 rings (SSSR count). The largest absolute Gasteiger partial charge is 0.573 e. The molecule has 0 aliphatic carbocycles. The number of amides is 1. The zero-order chi connectivity index (χ0) is 20.1. The Labute approximate surface area is 153 Å². The van der Waals surface area contributed by atoms with Crippen molar-refractivity contribution in [1.82, 2.24) is 0 Å². The van der Waals surface area contributed by atoms with Gasteiger partial charge in [0.15, 0.2) is 0 Å². The molecule has 1 amide bonds. The van der Waals surface area contributed by atoms with Gasteiger partial charge in [-0.15, -0.1) is 13.2 Å². The lowest BCUT2D eigenvalue weighted by molar-refractivity contribution is -0.275. The molecule has 0 fully saturated rings. The molecule has 2 aromatic rings. The third-order valence-electron chi connectivity index (χ3n) is 3.06. The van der Waals surface area contributed by atoms with Crippen LogP contribution >= 0.6 is 0 Å². The van der Waals surface area contributed by atoms with Crippen molar-refractivity contribution >= 4 is 27.3 Å². The molecule has 27 heavy (non-hydrogen) atoms. The van der Waals surface area contributed by atoms with Crippen LogP contribution < -0.4 is 14.8 Å². The van der Waals surface area contributed by atoms with Crippen LogP contribution in [-0.2, 0) is 19.6 Å². The Morgan fingerprint density at radius 1 is 1.04 bits per heavy atom. The summed E-state index contributed by atoms with van der Waals surface area (Å²) in [6, 6.07) is 9.90. The Morgan fingerprint density at radius 3 is 2.22 bits per heavy atom. The summed E-state index contributed by atoms with van der Waals surface area (Å²) in [5.74, 6) is -1.25. The van der Waals surface area contributed by atoms with E-state index in [4.69, 9.17) is 0 Å². The van der Waals surface area contributed by atoms with E-state index in [1.807, 2.05) is 0 Å². The summed E-state index contributed by atoms with van der Waals surface area (Å²) >= 11 is 0. The van der Waals surface area contributed by atoms with Gasteiger partial charge in [-0.2, -0.15) is 0 Å². The van der Waals surface area contributed by atoms with Crippen LogP contribution in [0.1, 0.15) is 0 Å². The molecule has 2 N–H and O–H groups in total. The number of alkyl halides is 3. The molecular weight excluding hydrogens is 389 g/mol. The highest BCUT2D eigenvalue weighted by atomic mass is 32.2. The molecule has 0 spiro atoms. The van der Waals surface area contributed by atoms with Gasteiger partial charge in [-0.1, -0.05) is 12.1 Å². The molecule has 0 heterocycles. The number of benzene rings is 2. The highest BCUT2D eigenvalue weighted by Gasteiger charge is 2.34. The minimum atomic E-state index is -5.03. The number of anilines is 2. The predicted molar refractivity (Wildman–Crippen MR) is 90.9 cm³/mol. The average molecular weight is 404 g/mol. The fraction of sp³-hybridized carbons (Fsp3) is 0.188. The number of carbonyl (C=O) groups is 1. The second-order valence-corrected chi connectivity index (χ2v) is 6.81. The van der Waals surface area contributed by atoms with E-state index in [1.165, 1.54) is 43.5 Å². The minimum absolute atomic E-state index is 0.0848. The van der Waals surface area contributed by atoms with Gasteiger partial charge < -0.3 is 14.8 Å². The zero-order valence-electron chi connectivity index (χ0n) is 13.9. The Morgan fingerprint density at radius 2 is 1.63 bits per heavy atom. The summed E-state index contributed by atoms with van der Waals surface area (Å²) in [7, 11) is -2.98. The first-order valence-electron chi connectivity index (χ1n) is 7.37. The maximum Gasteiger partial charge on any atom is 0.573 e. The minimum Gasteiger partial charge on any atom is -0.404 e. The first-order valence-corrected chi connectivity index (χ1v) is 8.85. The lowest BCUT2D eigenvalue weighted by Crippen LogP contribution is -2.21. The van der Waals surface area contributed by atoms with E-state index in [1.54, 1.807) is 0 Å². The van der Waals surface area contributed by atoms with Gasteiger partial charge in [0.1, 0.15) is 17.3 Å². The second-order valence-electron chi connectivity index (χ2n) is 5.16. The summed E-state index contributed by atoms with van der Waals surface area (Å²) in [5.41, 5.74) is 0.474. The Hall–Kier alpha value is -2.79. The fourth-order valence-electron chi connectivity index (χ4n) is 2.04. The third-order valence-corrected chi connectivity index (χ3v) is 4.48. The molecule has 0 aliphatic heterocycles. The Balaban J connectivity index is 2.18. The number of rotatable bonds is 7. The standard InChI is InChI=1S/C16H15F3N2O5S/c1-25-10-15(22)20-11-6-8-12(9-7-11)21-27(23,24)14-5-3-2-4-13(14)26-16(17,18)19/h2-9,21H,10H2,1H3,(H,20,22). The number of hydrogen-bond donors (Lipinski definition) is 2. The van der Waals surface area contributed by atoms with E-state index in [-0.39, 0.29) is 12.3 Å². The number of sulfonamides is 1. The van der Waals surface area contributed by atoms with Crippen molar-refractivity contribution in [2.45, 2.75) is 11.3 Å². The van der Waals surface area contributed by atoms with Gasteiger partial charge in [-0.25, -0.2) is 8.42 Å². The molecule has 0 radical (unpaired) electrons. The summed E-state index contributed by atoms with van der Waals surface area (Å²) < 4.78 is 72.8. The second kappa shape index (κ2) is 8.27. The van der Waals surface area contributed by atoms with Crippen molar-refractivity contribution in [2.24, 2.45) is 0 Å². The number of halogens is 3. The first-order chi connectivity index (χ1) is 12.6. The maximum atomic E-state index is 12.5. The molecular formula is C16H15F3N2O5S. The van der Waals surface area contributed by atoms with Gasteiger partial charge in [-0.05, 0) is 36.4 Å². The molecule has 0 aliphatic rings. The normalized spacial score (nSPS) is 11.7. The van der Waals surface area contributed by atoms with Crippen LogP contribution in [0.5, 0.6) is 5.75 Å². The number of hydrogen-bond acceptors (Lipinski definition) is 5. The maximum absolute atomic E-state index is 12.5. The molecule has 0 saturated heterocycles. The van der Waals surface area contributed by atoms with Crippen LogP contribution in [0.3, 0.4) is 0 Å². The zero-order valence-corrected chi connectivity index (χ0v) is 14.7. The third kappa shape index (κ3) is 6.15. The highest BCUT2D eigenvalue weighted by Crippen LogP contribution is 2.30. The summed E-state index contributed by atoms with van der Waals surface area (Å²) in [6.07, 6.45) is -5.03. The van der Waals surface area contributed by atoms with Gasteiger partial charge in [-0.3, -0.25) is 9.52 Å². The molecule has 0 unspecified atom stereocenters. The molecule has 2 aromatic carbocycles. The van der Waals surface area contributed by atoms with Crippen LogP contribution in [0.2, 0.25) is 0 Å². The smallest absolute Gasteiger partial charge is 0.404 e. The van der Waals surface area contributed by atoms with Gasteiger partial charge in [0.2, 0.25) is 5.91 Å². The van der Waals surface area contributed by atoms with Crippen LogP contribution in [0.25, 0.3) is 0 Å². The molecule has 0 atom stereocenters. The van der Waals surface area contributed by atoms with Crippen LogP contribution in [0.15, 0.2) is 53.4 Å².